The van der Waals surface area contributed by atoms with Crippen LogP contribution in [0.25, 0.3) is 0 Å². The SMILES string of the molecule is Nc1ccn(C2OC(CN3CCc4ccccc43)CC2(F)F)c(=O)n1. The van der Waals surface area contributed by atoms with E-state index in [4.69, 9.17) is 10.5 Å². The standard InChI is InChI=1S/C17H18F2N4O2/c18-17(19)9-12(10-22-7-5-11-3-1-2-4-13(11)22)25-15(17)23-8-6-14(20)21-16(23)24/h1-4,6,8,12,15H,5,7,9-10H2,(H2,20,21,24). The lowest BCUT2D eigenvalue weighted by molar-refractivity contribution is -0.116. The van der Waals surface area contributed by atoms with E-state index >= 15 is 0 Å². The van der Waals surface area contributed by atoms with Crippen molar-refractivity contribution in [3.63, 3.8) is 0 Å². The van der Waals surface area contributed by atoms with Crippen molar-refractivity contribution in [2.45, 2.75) is 31.1 Å². The number of nitrogen functional groups attached to an aromatic ring is 1. The minimum absolute atomic E-state index is 0.00668. The monoisotopic (exact) mass is 348 g/mol. The maximum absolute atomic E-state index is 14.4. The number of rotatable bonds is 3. The molecule has 0 radical (unpaired) electrons. The molecule has 6 nitrogen and oxygen atoms in total. The lowest BCUT2D eigenvalue weighted by atomic mass is 10.1. The van der Waals surface area contributed by atoms with Gasteiger partial charge < -0.3 is 15.4 Å². The van der Waals surface area contributed by atoms with E-state index in [2.05, 4.69) is 9.88 Å². The molecule has 3 heterocycles. The van der Waals surface area contributed by atoms with Crippen LogP contribution >= 0.6 is 0 Å². The molecule has 2 atom stereocenters. The minimum atomic E-state index is -3.15. The third-order valence-corrected chi connectivity index (χ3v) is 4.69. The predicted octanol–water partition coefficient (Wildman–Crippen LogP) is 1.81. The maximum atomic E-state index is 14.4. The van der Waals surface area contributed by atoms with Gasteiger partial charge in [-0.25, -0.2) is 13.6 Å². The average molecular weight is 348 g/mol. The molecule has 25 heavy (non-hydrogen) atoms. The summed E-state index contributed by atoms with van der Waals surface area (Å²) in [6.07, 6.45) is -0.667. The average Bonchev–Trinajstić information content (AvgIpc) is 3.09. The van der Waals surface area contributed by atoms with Crippen LogP contribution in [-0.2, 0) is 11.2 Å². The van der Waals surface area contributed by atoms with Crippen molar-refractivity contribution in [1.82, 2.24) is 9.55 Å². The van der Waals surface area contributed by atoms with Gasteiger partial charge in [0.05, 0.1) is 6.10 Å². The molecule has 2 aliphatic heterocycles. The molecule has 2 unspecified atom stereocenters. The quantitative estimate of drug-likeness (QED) is 0.916. The highest BCUT2D eigenvalue weighted by Gasteiger charge is 2.52. The zero-order valence-electron chi connectivity index (χ0n) is 13.4. The van der Waals surface area contributed by atoms with E-state index in [1.54, 1.807) is 0 Å². The lowest BCUT2D eigenvalue weighted by Gasteiger charge is -2.23. The number of alkyl halides is 2. The molecule has 0 spiro atoms. The van der Waals surface area contributed by atoms with Gasteiger partial charge in [-0.1, -0.05) is 18.2 Å². The predicted molar refractivity (Wildman–Crippen MR) is 88.7 cm³/mol. The lowest BCUT2D eigenvalue weighted by Crippen LogP contribution is -2.35. The normalized spacial score (nSPS) is 24.5. The second-order valence-corrected chi connectivity index (χ2v) is 6.44. The molecule has 132 valence electrons. The second-order valence-electron chi connectivity index (χ2n) is 6.44. The van der Waals surface area contributed by atoms with Crippen LogP contribution in [0.1, 0.15) is 18.2 Å². The van der Waals surface area contributed by atoms with Crippen LogP contribution in [0.2, 0.25) is 0 Å². The van der Waals surface area contributed by atoms with E-state index in [9.17, 15) is 13.6 Å². The Morgan fingerprint density at radius 2 is 2.12 bits per heavy atom. The van der Waals surface area contributed by atoms with Crippen LogP contribution in [0.3, 0.4) is 0 Å². The Balaban J connectivity index is 1.54. The summed E-state index contributed by atoms with van der Waals surface area (Å²) in [4.78, 5) is 17.4. The highest BCUT2D eigenvalue weighted by Crippen LogP contribution is 2.42. The van der Waals surface area contributed by atoms with Crippen molar-refractivity contribution in [2.24, 2.45) is 0 Å². The molecule has 2 aliphatic rings. The van der Waals surface area contributed by atoms with Gasteiger partial charge in [-0.05, 0) is 24.1 Å². The molecule has 0 bridgehead atoms. The van der Waals surface area contributed by atoms with Crippen molar-refractivity contribution >= 4 is 11.5 Å². The summed E-state index contributed by atoms with van der Waals surface area (Å²) in [5.41, 5.74) is 6.85. The van der Waals surface area contributed by atoms with Gasteiger partial charge in [0.15, 0.2) is 0 Å². The molecular weight excluding hydrogens is 330 g/mol. The van der Waals surface area contributed by atoms with E-state index < -0.39 is 30.4 Å². The third-order valence-electron chi connectivity index (χ3n) is 4.69. The topological polar surface area (TPSA) is 73.4 Å². The van der Waals surface area contributed by atoms with Crippen molar-refractivity contribution in [1.29, 1.82) is 0 Å². The van der Waals surface area contributed by atoms with Gasteiger partial charge >= 0.3 is 5.69 Å². The number of halogens is 2. The fourth-order valence-corrected chi connectivity index (χ4v) is 3.56. The summed E-state index contributed by atoms with van der Waals surface area (Å²) < 4.78 is 35.2. The van der Waals surface area contributed by atoms with E-state index in [-0.39, 0.29) is 5.82 Å². The summed E-state index contributed by atoms with van der Waals surface area (Å²) in [7, 11) is 0. The van der Waals surface area contributed by atoms with E-state index in [1.807, 2.05) is 24.3 Å². The number of ether oxygens (including phenoxy) is 1. The smallest absolute Gasteiger partial charge is 0.351 e. The fourth-order valence-electron chi connectivity index (χ4n) is 3.56. The number of benzene rings is 1. The fraction of sp³-hybridized carbons (Fsp3) is 0.412. The van der Waals surface area contributed by atoms with Crippen LogP contribution in [0.15, 0.2) is 41.3 Å². The number of nitrogens with zero attached hydrogens (tertiary/aromatic N) is 3. The van der Waals surface area contributed by atoms with Gasteiger partial charge in [0.1, 0.15) is 5.82 Å². The molecule has 1 aromatic carbocycles. The first kappa shape index (κ1) is 16.0. The first-order valence-corrected chi connectivity index (χ1v) is 8.15. The van der Waals surface area contributed by atoms with Crippen LogP contribution in [0, 0.1) is 0 Å². The van der Waals surface area contributed by atoms with E-state index in [1.165, 1.54) is 17.8 Å². The molecule has 2 N–H and O–H groups in total. The van der Waals surface area contributed by atoms with Crippen LogP contribution in [0.5, 0.6) is 0 Å². The van der Waals surface area contributed by atoms with Crippen LogP contribution in [0.4, 0.5) is 20.3 Å². The van der Waals surface area contributed by atoms with Gasteiger partial charge in [-0.15, -0.1) is 0 Å². The number of hydrogen-bond acceptors (Lipinski definition) is 5. The van der Waals surface area contributed by atoms with E-state index in [0.717, 1.165) is 23.2 Å². The number of para-hydroxylation sites is 1. The number of nitrogens with two attached hydrogens (primary N) is 1. The summed E-state index contributed by atoms with van der Waals surface area (Å²) in [6.45, 7) is 1.14. The molecule has 2 aromatic rings. The van der Waals surface area contributed by atoms with Gasteiger partial charge in [0.25, 0.3) is 5.92 Å². The second kappa shape index (κ2) is 5.80. The molecule has 1 fully saturated rings. The molecule has 0 amide bonds. The maximum Gasteiger partial charge on any atom is 0.351 e. The number of fused-ring (bicyclic) bond motifs is 1. The van der Waals surface area contributed by atoms with E-state index in [0.29, 0.717) is 6.54 Å². The van der Waals surface area contributed by atoms with Gasteiger partial charge in [-0.2, -0.15) is 4.98 Å². The Bertz CT molecular complexity index is 855. The molecule has 0 aliphatic carbocycles. The zero-order chi connectivity index (χ0) is 17.6. The number of aromatic nitrogens is 2. The van der Waals surface area contributed by atoms with Gasteiger partial charge in [0, 0.05) is 31.4 Å². The third kappa shape index (κ3) is 2.86. The number of anilines is 2. The molecule has 4 rings (SSSR count). The van der Waals surface area contributed by atoms with Crippen molar-refractivity contribution in [3.05, 3.63) is 52.6 Å². The largest absolute Gasteiger partial charge is 0.383 e. The van der Waals surface area contributed by atoms with Gasteiger partial charge in [-0.3, -0.25) is 4.57 Å². The van der Waals surface area contributed by atoms with Crippen molar-refractivity contribution in [3.8, 4) is 0 Å². The van der Waals surface area contributed by atoms with Gasteiger partial charge in [0.2, 0.25) is 6.23 Å². The summed E-state index contributed by atoms with van der Waals surface area (Å²) in [6, 6.07) is 9.25. The Morgan fingerprint density at radius 1 is 1.32 bits per heavy atom. The Kier molecular flexibility index (Phi) is 3.72. The Labute approximate surface area is 142 Å². The molecule has 1 saturated heterocycles. The molecule has 0 saturated carbocycles. The number of hydrogen-bond donors (Lipinski definition) is 1. The molecule has 1 aromatic heterocycles. The first-order valence-electron chi connectivity index (χ1n) is 8.15. The summed E-state index contributed by atoms with van der Waals surface area (Å²) in [5.74, 6) is -3.15. The van der Waals surface area contributed by atoms with Crippen LogP contribution in [-0.4, -0.2) is 34.7 Å². The summed E-state index contributed by atoms with van der Waals surface area (Å²) >= 11 is 0. The Morgan fingerprint density at radius 3 is 2.92 bits per heavy atom. The Hall–Kier alpha value is -2.48. The van der Waals surface area contributed by atoms with Crippen molar-refractivity contribution in [2.75, 3.05) is 23.7 Å². The highest BCUT2D eigenvalue weighted by atomic mass is 19.3. The molecule has 8 heteroatoms. The zero-order valence-corrected chi connectivity index (χ0v) is 13.4. The molecular formula is C17H18F2N4O2. The van der Waals surface area contributed by atoms with Crippen molar-refractivity contribution < 1.29 is 13.5 Å². The minimum Gasteiger partial charge on any atom is -0.383 e. The summed E-state index contributed by atoms with van der Waals surface area (Å²) in [5, 5.41) is 0. The first-order chi connectivity index (χ1) is 11.9. The van der Waals surface area contributed by atoms with Crippen LogP contribution < -0.4 is 16.3 Å². The highest BCUT2D eigenvalue weighted by molar-refractivity contribution is 5.57.